The van der Waals surface area contributed by atoms with Crippen molar-refractivity contribution in [2.45, 2.75) is 38.9 Å². The predicted octanol–water partition coefficient (Wildman–Crippen LogP) is 6.17. The van der Waals surface area contributed by atoms with Crippen molar-refractivity contribution in [3.63, 3.8) is 0 Å². The Bertz CT molecular complexity index is 920. The van der Waals surface area contributed by atoms with Gasteiger partial charge in [-0.15, -0.1) is 0 Å². The number of alkyl carbamates (subject to hydrolysis) is 1. The molecule has 0 radical (unpaired) electrons. The minimum atomic E-state index is -0.753. The minimum absolute atomic E-state index is 0.143. The lowest BCUT2D eigenvalue weighted by Crippen LogP contribution is -2.36. The molecule has 0 unspecified atom stereocenters. The van der Waals surface area contributed by atoms with Crippen molar-refractivity contribution in [1.29, 1.82) is 0 Å². The standard InChI is InChI=1S/C30H37NO4/c1-24(22-31-28(32)35-29(2,3)4)23-33-20-21-34-30(25-14-8-5-9-15-25,26-16-10-6-11-17-26)27-18-12-7-13-19-27/h5-19,24H,20-23H2,1-4H3,(H,31,32)/t24-/m0/s1. The van der Waals surface area contributed by atoms with E-state index in [1.54, 1.807) is 0 Å². The number of carbonyl (C=O) groups excluding carboxylic acids is 1. The smallest absolute Gasteiger partial charge is 0.407 e. The molecule has 0 aliphatic carbocycles. The van der Waals surface area contributed by atoms with Gasteiger partial charge in [-0.25, -0.2) is 4.79 Å². The molecule has 0 bridgehead atoms. The first kappa shape index (κ1) is 26.5. The largest absolute Gasteiger partial charge is 0.444 e. The molecule has 3 aromatic carbocycles. The molecule has 0 spiro atoms. The SMILES string of the molecule is C[C@@H](CNC(=O)OC(C)(C)C)COCCOC(c1ccccc1)(c1ccccc1)c1ccccc1. The second-order valence-electron chi connectivity index (χ2n) is 9.69. The summed E-state index contributed by atoms with van der Waals surface area (Å²) in [7, 11) is 0. The molecule has 186 valence electrons. The number of carbonyl (C=O) groups is 1. The maximum Gasteiger partial charge on any atom is 0.407 e. The molecule has 3 rings (SSSR count). The maximum atomic E-state index is 11.9. The van der Waals surface area contributed by atoms with E-state index in [1.165, 1.54) is 0 Å². The molecule has 1 atom stereocenters. The average Bonchev–Trinajstić information content (AvgIpc) is 2.86. The molecule has 0 fully saturated rings. The van der Waals surface area contributed by atoms with E-state index in [4.69, 9.17) is 14.2 Å². The number of rotatable bonds is 11. The van der Waals surface area contributed by atoms with Crippen LogP contribution >= 0.6 is 0 Å². The van der Waals surface area contributed by atoms with Crippen molar-refractivity contribution in [3.8, 4) is 0 Å². The molecule has 0 aliphatic heterocycles. The van der Waals surface area contributed by atoms with Crippen LogP contribution in [0.4, 0.5) is 4.79 Å². The van der Waals surface area contributed by atoms with Gasteiger partial charge in [-0.2, -0.15) is 0 Å². The highest BCUT2D eigenvalue weighted by atomic mass is 16.6. The fourth-order valence-corrected chi connectivity index (χ4v) is 3.94. The zero-order valence-electron chi connectivity index (χ0n) is 21.2. The molecule has 0 saturated carbocycles. The van der Waals surface area contributed by atoms with Crippen molar-refractivity contribution in [3.05, 3.63) is 108 Å². The van der Waals surface area contributed by atoms with Crippen molar-refractivity contribution in [2.75, 3.05) is 26.4 Å². The molecule has 0 aliphatic rings. The number of amides is 1. The molecule has 1 amide bonds. The van der Waals surface area contributed by atoms with Crippen LogP contribution in [0.2, 0.25) is 0 Å². The summed E-state index contributed by atoms with van der Waals surface area (Å²) >= 11 is 0. The second kappa shape index (κ2) is 12.5. The molecule has 0 heterocycles. The molecular formula is C30H37NO4. The summed E-state index contributed by atoms with van der Waals surface area (Å²) in [5.74, 6) is 0.143. The highest BCUT2D eigenvalue weighted by Gasteiger charge is 2.37. The van der Waals surface area contributed by atoms with Crippen LogP contribution in [0.1, 0.15) is 44.4 Å². The van der Waals surface area contributed by atoms with E-state index in [0.717, 1.165) is 16.7 Å². The molecule has 35 heavy (non-hydrogen) atoms. The van der Waals surface area contributed by atoms with Gasteiger partial charge in [-0.1, -0.05) is 97.9 Å². The Labute approximate surface area is 209 Å². The van der Waals surface area contributed by atoms with Crippen LogP contribution in [0.25, 0.3) is 0 Å². The van der Waals surface area contributed by atoms with Gasteiger partial charge in [0.2, 0.25) is 0 Å². The lowest BCUT2D eigenvalue weighted by molar-refractivity contribution is -0.0282. The van der Waals surface area contributed by atoms with Crippen LogP contribution < -0.4 is 5.32 Å². The Morgan fingerprint density at radius 2 is 1.23 bits per heavy atom. The van der Waals surface area contributed by atoms with Gasteiger partial charge in [0, 0.05) is 6.54 Å². The normalized spacial score (nSPS) is 12.7. The fraction of sp³-hybridized carbons (Fsp3) is 0.367. The fourth-order valence-electron chi connectivity index (χ4n) is 3.94. The second-order valence-corrected chi connectivity index (χ2v) is 9.69. The van der Waals surface area contributed by atoms with E-state index in [-0.39, 0.29) is 5.92 Å². The van der Waals surface area contributed by atoms with Gasteiger partial charge in [0.25, 0.3) is 0 Å². The Balaban J connectivity index is 1.65. The predicted molar refractivity (Wildman–Crippen MR) is 139 cm³/mol. The Kier molecular flexibility index (Phi) is 9.47. The quantitative estimate of drug-likeness (QED) is 0.266. The van der Waals surface area contributed by atoms with Crippen molar-refractivity contribution in [1.82, 2.24) is 5.32 Å². The third-order valence-electron chi connectivity index (χ3n) is 5.48. The maximum absolute atomic E-state index is 11.9. The molecule has 0 saturated heterocycles. The minimum Gasteiger partial charge on any atom is -0.444 e. The van der Waals surface area contributed by atoms with Gasteiger partial charge in [0.1, 0.15) is 11.2 Å². The van der Waals surface area contributed by atoms with Crippen LogP contribution in [0.3, 0.4) is 0 Å². The van der Waals surface area contributed by atoms with Gasteiger partial charge >= 0.3 is 6.09 Å². The summed E-state index contributed by atoms with van der Waals surface area (Å²) in [5, 5.41) is 2.80. The summed E-state index contributed by atoms with van der Waals surface area (Å²) < 4.78 is 17.9. The molecule has 3 aromatic rings. The summed E-state index contributed by atoms with van der Waals surface area (Å²) in [6, 6.07) is 30.9. The van der Waals surface area contributed by atoms with E-state index in [2.05, 4.69) is 41.7 Å². The van der Waals surface area contributed by atoms with Gasteiger partial charge < -0.3 is 19.5 Å². The van der Waals surface area contributed by atoms with Crippen LogP contribution in [-0.4, -0.2) is 38.1 Å². The third-order valence-corrected chi connectivity index (χ3v) is 5.48. The summed E-state index contributed by atoms with van der Waals surface area (Å²) in [4.78, 5) is 11.9. The van der Waals surface area contributed by atoms with E-state index in [9.17, 15) is 4.79 Å². The first-order valence-corrected chi connectivity index (χ1v) is 12.2. The molecule has 0 aromatic heterocycles. The highest BCUT2D eigenvalue weighted by Crippen LogP contribution is 2.40. The van der Waals surface area contributed by atoms with Crippen LogP contribution in [-0.2, 0) is 19.8 Å². The highest BCUT2D eigenvalue weighted by molar-refractivity contribution is 5.67. The molecule has 1 N–H and O–H groups in total. The van der Waals surface area contributed by atoms with Gasteiger partial charge in [-0.05, 0) is 43.4 Å². The first-order chi connectivity index (χ1) is 16.8. The Hall–Kier alpha value is -3.15. The van der Waals surface area contributed by atoms with E-state index in [0.29, 0.717) is 26.4 Å². The number of benzene rings is 3. The van der Waals surface area contributed by atoms with Gasteiger partial charge in [0.05, 0.1) is 19.8 Å². The molecule has 5 nitrogen and oxygen atoms in total. The molecular weight excluding hydrogens is 438 g/mol. The number of ether oxygens (including phenoxy) is 3. The topological polar surface area (TPSA) is 56.8 Å². The monoisotopic (exact) mass is 475 g/mol. The lowest BCUT2D eigenvalue weighted by atomic mass is 9.80. The Morgan fingerprint density at radius 3 is 1.66 bits per heavy atom. The van der Waals surface area contributed by atoms with Gasteiger partial charge in [0.15, 0.2) is 0 Å². The molecule has 5 heteroatoms. The summed E-state index contributed by atoms with van der Waals surface area (Å²) in [6.07, 6.45) is -0.411. The van der Waals surface area contributed by atoms with E-state index >= 15 is 0 Å². The summed E-state index contributed by atoms with van der Waals surface area (Å²) in [5.41, 5.74) is 1.92. The van der Waals surface area contributed by atoms with Crippen molar-refractivity contribution < 1.29 is 19.0 Å². The average molecular weight is 476 g/mol. The number of hydrogen-bond donors (Lipinski definition) is 1. The van der Waals surface area contributed by atoms with Crippen LogP contribution in [0, 0.1) is 5.92 Å². The summed E-state index contributed by atoms with van der Waals surface area (Å²) in [6.45, 7) is 9.40. The zero-order chi connectivity index (χ0) is 25.2. The first-order valence-electron chi connectivity index (χ1n) is 12.2. The zero-order valence-corrected chi connectivity index (χ0v) is 21.2. The van der Waals surface area contributed by atoms with Crippen molar-refractivity contribution in [2.24, 2.45) is 5.92 Å². The van der Waals surface area contributed by atoms with Crippen molar-refractivity contribution >= 4 is 6.09 Å². The number of hydrogen-bond acceptors (Lipinski definition) is 4. The van der Waals surface area contributed by atoms with Crippen LogP contribution in [0.15, 0.2) is 91.0 Å². The Morgan fingerprint density at radius 1 is 0.771 bits per heavy atom. The lowest BCUT2D eigenvalue weighted by Gasteiger charge is -2.36. The van der Waals surface area contributed by atoms with E-state index < -0.39 is 17.3 Å². The third kappa shape index (κ3) is 7.67. The van der Waals surface area contributed by atoms with Gasteiger partial charge in [-0.3, -0.25) is 0 Å². The van der Waals surface area contributed by atoms with Crippen LogP contribution in [0.5, 0.6) is 0 Å². The van der Waals surface area contributed by atoms with E-state index in [1.807, 2.05) is 82.3 Å². The number of nitrogens with one attached hydrogen (secondary N) is 1.